The second-order valence-electron chi connectivity index (χ2n) is 3.96. The quantitative estimate of drug-likeness (QED) is 0.862. The lowest BCUT2D eigenvalue weighted by Crippen LogP contribution is -2.38. The smallest absolute Gasteiger partial charge is 0.411 e. The second kappa shape index (κ2) is 4.42. The highest BCUT2D eigenvalue weighted by molar-refractivity contribution is 7.14. The van der Waals surface area contributed by atoms with Crippen LogP contribution in [0.25, 0.3) is 0 Å². The Hall–Kier alpha value is -1.31. The molecule has 0 saturated heterocycles. The summed E-state index contributed by atoms with van der Waals surface area (Å²) in [6.45, 7) is 1.77. The number of nitrogens with one attached hydrogen (secondary N) is 1. The highest BCUT2D eigenvalue weighted by atomic mass is 32.1. The Kier molecular flexibility index (Phi) is 3.22. The van der Waals surface area contributed by atoms with E-state index in [1.807, 2.05) is 0 Å². The maximum atomic E-state index is 12.8. The molecule has 1 heterocycles. The Morgan fingerprint density at radius 2 is 2.28 bits per heavy atom. The fourth-order valence-electron chi connectivity index (χ4n) is 1.50. The van der Waals surface area contributed by atoms with Crippen molar-refractivity contribution in [1.29, 1.82) is 0 Å². The van der Waals surface area contributed by atoms with E-state index in [0.717, 1.165) is 11.3 Å². The molecule has 1 N–H and O–H groups in total. The van der Waals surface area contributed by atoms with Gasteiger partial charge < -0.3 is 10.1 Å². The summed E-state index contributed by atoms with van der Waals surface area (Å²) in [6, 6.07) is 0. The third kappa shape index (κ3) is 2.29. The molecule has 0 unspecified atom stereocenters. The summed E-state index contributed by atoms with van der Waals surface area (Å²) in [4.78, 5) is 15.2. The lowest BCUT2D eigenvalue weighted by molar-refractivity contribution is -0.151. The van der Waals surface area contributed by atoms with E-state index < -0.39 is 17.7 Å². The van der Waals surface area contributed by atoms with Crippen molar-refractivity contribution >= 4 is 22.3 Å². The van der Waals surface area contributed by atoms with E-state index in [-0.39, 0.29) is 30.1 Å². The molecule has 4 nitrogen and oxygen atoms in total. The van der Waals surface area contributed by atoms with Crippen LogP contribution in [0.3, 0.4) is 0 Å². The van der Waals surface area contributed by atoms with Crippen LogP contribution in [-0.4, -0.2) is 29.3 Å². The van der Waals surface area contributed by atoms with Crippen molar-refractivity contribution < 1.29 is 22.7 Å². The van der Waals surface area contributed by atoms with Gasteiger partial charge in [0.05, 0.1) is 12.1 Å². The first kappa shape index (κ1) is 13.1. The van der Waals surface area contributed by atoms with Crippen molar-refractivity contribution in [1.82, 2.24) is 4.98 Å². The third-order valence-electron chi connectivity index (χ3n) is 2.68. The summed E-state index contributed by atoms with van der Waals surface area (Å²) in [5, 5.41) is 2.50. The van der Waals surface area contributed by atoms with Crippen molar-refractivity contribution in [2.24, 2.45) is 0 Å². The van der Waals surface area contributed by atoms with Crippen molar-refractivity contribution in [3.63, 3.8) is 0 Å². The Bertz CT molecular complexity index is 454. The maximum absolute atomic E-state index is 12.8. The number of esters is 1. The molecule has 0 atom stereocenters. The molecular formula is C10H11F3N2O2S. The van der Waals surface area contributed by atoms with Crippen LogP contribution in [0.1, 0.15) is 30.3 Å². The molecule has 0 spiro atoms. The van der Waals surface area contributed by atoms with Crippen LogP contribution >= 0.6 is 11.3 Å². The number of anilines is 1. The summed E-state index contributed by atoms with van der Waals surface area (Å²) >= 11 is 0.964. The first-order valence-electron chi connectivity index (χ1n) is 5.35. The second-order valence-corrected chi connectivity index (χ2v) is 4.81. The summed E-state index contributed by atoms with van der Waals surface area (Å²) in [5.74, 6) is -0.709. The van der Waals surface area contributed by atoms with Gasteiger partial charge in [-0.1, -0.05) is 0 Å². The van der Waals surface area contributed by atoms with Gasteiger partial charge in [0.1, 0.15) is 10.5 Å². The number of thiazole rings is 1. The number of halogens is 3. The van der Waals surface area contributed by atoms with Crippen molar-refractivity contribution in [2.45, 2.75) is 31.5 Å². The molecule has 0 bridgehead atoms. The van der Waals surface area contributed by atoms with Crippen LogP contribution in [0.2, 0.25) is 0 Å². The number of aromatic nitrogens is 1. The van der Waals surface area contributed by atoms with Gasteiger partial charge in [-0.2, -0.15) is 13.2 Å². The number of ether oxygens (including phenoxy) is 1. The molecule has 1 aliphatic rings. The third-order valence-corrected chi connectivity index (χ3v) is 3.42. The van der Waals surface area contributed by atoms with E-state index >= 15 is 0 Å². The fraction of sp³-hybridized carbons (Fsp3) is 0.600. The SMILES string of the molecule is CCOC(=O)c1ncsc1NC1(C(F)(F)F)CC1. The molecule has 1 aliphatic carbocycles. The van der Waals surface area contributed by atoms with E-state index in [0.29, 0.717) is 0 Å². The van der Waals surface area contributed by atoms with Gasteiger partial charge in [0, 0.05) is 0 Å². The Morgan fingerprint density at radius 3 is 2.78 bits per heavy atom. The molecule has 100 valence electrons. The van der Waals surface area contributed by atoms with Crippen LogP contribution in [0.5, 0.6) is 0 Å². The number of hydrogen-bond acceptors (Lipinski definition) is 5. The number of carbonyl (C=O) groups is 1. The molecule has 0 radical (unpaired) electrons. The van der Waals surface area contributed by atoms with Crippen molar-refractivity contribution in [2.75, 3.05) is 11.9 Å². The van der Waals surface area contributed by atoms with Crippen molar-refractivity contribution in [3.8, 4) is 0 Å². The van der Waals surface area contributed by atoms with Gasteiger partial charge >= 0.3 is 12.1 Å². The zero-order chi connectivity index (χ0) is 13.4. The molecule has 1 fully saturated rings. The number of alkyl halides is 3. The minimum atomic E-state index is -4.33. The Morgan fingerprint density at radius 1 is 1.61 bits per heavy atom. The highest BCUT2D eigenvalue weighted by Crippen LogP contribution is 2.51. The molecule has 0 aromatic carbocycles. The first-order valence-corrected chi connectivity index (χ1v) is 6.23. The zero-order valence-corrected chi connectivity index (χ0v) is 10.3. The van der Waals surface area contributed by atoms with E-state index in [2.05, 4.69) is 10.3 Å². The number of hydrogen-bond donors (Lipinski definition) is 1. The summed E-state index contributed by atoms with van der Waals surface area (Å²) < 4.78 is 43.1. The van der Waals surface area contributed by atoms with Crippen LogP contribution in [0.4, 0.5) is 18.2 Å². The molecular weight excluding hydrogens is 269 g/mol. The predicted molar refractivity (Wildman–Crippen MR) is 59.7 cm³/mol. The van der Waals surface area contributed by atoms with Gasteiger partial charge in [-0.3, -0.25) is 0 Å². The van der Waals surface area contributed by atoms with E-state index in [9.17, 15) is 18.0 Å². The van der Waals surface area contributed by atoms with Crippen LogP contribution in [-0.2, 0) is 4.74 Å². The topological polar surface area (TPSA) is 51.2 Å². The molecule has 18 heavy (non-hydrogen) atoms. The summed E-state index contributed by atoms with van der Waals surface area (Å²) in [6.07, 6.45) is -4.31. The first-order chi connectivity index (χ1) is 8.39. The molecule has 1 aromatic heterocycles. The van der Waals surface area contributed by atoms with Gasteiger partial charge in [-0.15, -0.1) is 11.3 Å². The molecule has 2 rings (SSSR count). The molecule has 0 amide bonds. The highest BCUT2D eigenvalue weighted by Gasteiger charge is 2.64. The van der Waals surface area contributed by atoms with Gasteiger partial charge in [-0.05, 0) is 19.8 Å². The molecule has 1 aromatic rings. The number of nitrogens with zero attached hydrogens (tertiary/aromatic N) is 1. The lowest BCUT2D eigenvalue weighted by Gasteiger charge is -2.21. The fourth-order valence-corrected chi connectivity index (χ4v) is 2.27. The van der Waals surface area contributed by atoms with Gasteiger partial charge in [-0.25, -0.2) is 9.78 Å². The van der Waals surface area contributed by atoms with Gasteiger partial charge in [0.25, 0.3) is 0 Å². The van der Waals surface area contributed by atoms with E-state index in [4.69, 9.17) is 4.74 Å². The monoisotopic (exact) mass is 280 g/mol. The minimum absolute atomic E-state index is 0.0106. The Labute approximate surface area is 105 Å². The van der Waals surface area contributed by atoms with Crippen LogP contribution in [0, 0.1) is 0 Å². The standard InChI is InChI=1S/C10H11F3N2O2S/c1-2-17-8(16)6-7(18-5-14-6)15-9(3-4-9)10(11,12)13/h5,15H,2-4H2,1H3. The zero-order valence-electron chi connectivity index (χ0n) is 9.50. The molecule has 0 aliphatic heterocycles. The van der Waals surface area contributed by atoms with Crippen molar-refractivity contribution in [3.05, 3.63) is 11.2 Å². The minimum Gasteiger partial charge on any atom is -0.461 e. The van der Waals surface area contributed by atoms with E-state index in [1.54, 1.807) is 6.92 Å². The lowest BCUT2D eigenvalue weighted by atomic mass is 10.2. The average Bonchev–Trinajstić information content (AvgIpc) is 2.90. The van der Waals surface area contributed by atoms with E-state index in [1.165, 1.54) is 5.51 Å². The summed E-state index contributed by atoms with van der Waals surface area (Å²) in [7, 11) is 0. The summed E-state index contributed by atoms with van der Waals surface area (Å²) in [5.41, 5.74) is -0.667. The maximum Gasteiger partial charge on any atom is 0.411 e. The number of carbonyl (C=O) groups excluding carboxylic acids is 1. The van der Waals surface area contributed by atoms with Crippen LogP contribution in [0.15, 0.2) is 5.51 Å². The average molecular weight is 280 g/mol. The Balaban J connectivity index is 2.16. The van der Waals surface area contributed by atoms with Gasteiger partial charge in [0.2, 0.25) is 0 Å². The molecule has 8 heteroatoms. The van der Waals surface area contributed by atoms with Crippen LogP contribution < -0.4 is 5.32 Å². The molecule has 1 saturated carbocycles. The van der Waals surface area contributed by atoms with Gasteiger partial charge in [0.15, 0.2) is 5.69 Å². The normalized spacial score (nSPS) is 17.3. The predicted octanol–water partition coefficient (Wildman–Crippen LogP) is 2.83. The number of rotatable bonds is 4. The largest absolute Gasteiger partial charge is 0.461 e.